The fraction of sp³-hybridized carbons (Fsp3) is 0.643. The van der Waals surface area contributed by atoms with Gasteiger partial charge in [0, 0.05) is 26.2 Å². The lowest BCUT2D eigenvalue weighted by Crippen LogP contribution is -2.41. The summed E-state index contributed by atoms with van der Waals surface area (Å²) < 4.78 is 5.58. The summed E-state index contributed by atoms with van der Waals surface area (Å²) in [7, 11) is 3.85. The second-order valence-electron chi connectivity index (χ2n) is 5.62. The largest absolute Gasteiger partial charge is 0.477 e. The smallest absolute Gasteiger partial charge is 0.354 e. The van der Waals surface area contributed by atoms with E-state index >= 15 is 0 Å². The molecule has 122 valence electrons. The van der Waals surface area contributed by atoms with Crippen molar-refractivity contribution in [2.24, 2.45) is 0 Å². The van der Waals surface area contributed by atoms with Gasteiger partial charge in [-0.05, 0) is 26.9 Å². The van der Waals surface area contributed by atoms with Crippen LogP contribution >= 0.6 is 0 Å². The van der Waals surface area contributed by atoms with E-state index in [2.05, 4.69) is 9.97 Å². The number of ether oxygens (including phenoxy) is 1. The summed E-state index contributed by atoms with van der Waals surface area (Å²) in [5.74, 6) is -1.57. The van der Waals surface area contributed by atoms with Crippen molar-refractivity contribution in [3.63, 3.8) is 0 Å². The predicted molar refractivity (Wildman–Crippen MR) is 79.0 cm³/mol. The maximum atomic E-state index is 12.6. The normalized spacial score (nSPS) is 17.9. The average molecular weight is 310 g/mol. The predicted octanol–water partition coefficient (Wildman–Crippen LogP) is 0.291. The third-order valence-corrected chi connectivity index (χ3v) is 3.61. The lowest BCUT2D eigenvalue weighted by Gasteiger charge is -2.26. The molecular weight excluding hydrogens is 288 g/mol. The van der Waals surface area contributed by atoms with Crippen LogP contribution in [0.1, 0.15) is 33.8 Å². The monoisotopic (exact) mass is 310 g/mol. The van der Waals surface area contributed by atoms with Gasteiger partial charge in [-0.15, -0.1) is 0 Å². The van der Waals surface area contributed by atoms with E-state index in [1.807, 2.05) is 19.0 Å². The molecule has 8 heteroatoms. The Balaban J connectivity index is 2.12. The number of nitrogens with zero attached hydrogens (tertiary/aromatic N) is 3. The minimum absolute atomic E-state index is 0.0123. The first-order chi connectivity index (χ1) is 10.5. The van der Waals surface area contributed by atoms with E-state index in [1.165, 1.54) is 6.33 Å². The highest BCUT2D eigenvalue weighted by Crippen LogP contribution is 2.15. The second kappa shape index (κ2) is 7.37. The van der Waals surface area contributed by atoms with Gasteiger partial charge in [0.2, 0.25) is 0 Å². The van der Waals surface area contributed by atoms with Gasteiger partial charge >= 0.3 is 5.97 Å². The molecule has 22 heavy (non-hydrogen) atoms. The van der Waals surface area contributed by atoms with Gasteiger partial charge in [-0.25, -0.2) is 9.78 Å². The quantitative estimate of drug-likeness (QED) is 0.751. The van der Waals surface area contributed by atoms with Crippen LogP contribution < -0.4 is 0 Å². The van der Waals surface area contributed by atoms with Crippen molar-refractivity contribution in [1.29, 1.82) is 0 Å². The molecule has 1 aliphatic rings. The first kappa shape index (κ1) is 16.4. The fourth-order valence-electron chi connectivity index (χ4n) is 2.40. The van der Waals surface area contributed by atoms with E-state index in [4.69, 9.17) is 9.84 Å². The number of hydrogen-bond donors (Lipinski definition) is 2. The zero-order chi connectivity index (χ0) is 16.1. The minimum Gasteiger partial charge on any atom is -0.477 e. The molecule has 8 nitrogen and oxygen atoms in total. The maximum absolute atomic E-state index is 12.6. The molecule has 2 rings (SSSR count). The first-order valence-electron chi connectivity index (χ1n) is 7.31. The minimum atomic E-state index is -1.19. The van der Waals surface area contributed by atoms with Crippen LogP contribution in [0, 0.1) is 0 Å². The maximum Gasteiger partial charge on any atom is 0.354 e. The lowest BCUT2D eigenvalue weighted by atomic mass is 10.2. The Labute approximate surface area is 129 Å². The van der Waals surface area contributed by atoms with Gasteiger partial charge in [0.1, 0.15) is 0 Å². The summed E-state index contributed by atoms with van der Waals surface area (Å²) in [4.78, 5) is 33.8. The van der Waals surface area contributed by atoms with Gasteiger partial charge in [-0.1, -0.05) is 0 Å². The van der Waals surface area contributed by atoms with E-state index in [9.17, 15) is 9.59 Å². The number of nitrogens with one attached hydrogen (secondary N) is 1. The van der Waals surface area contributed by atoms with Crippen LogP contribution in [-0.4, -0.2) is 83.2 Å². The standard InChI is InChI=1S/C14H22N4O4/c1-17(2)5-6-18(8-10-4-3-7-22-10)13(19)11-12(14(20)21)16-9-15-11/h9-10H,3-8H2,1-2H3,(H,15,16)(H,20,21). The highest BCUT2D eigenvalue weighted by atomic mass is 16.5. The second-order valence-corrected chi connectivity index (χ2v) is 5.62. The molecule has 1 aromatic heterocycles. The number of imidazole rings is 1. The molecule has 0 spiro atoms. The molecule has 0 aromatic carbocycles. The highest BCUT2D eigenvalue weighted by Gasteiger charge is 2.28. The molecule has 1 fully saturated rings. The van der Waals surface area contributed by atoms with E-state index < -0.39 is 5.97 Å². The van der Waals surface area contributed by atoms with Crippen LogP contribution in [0.3, 0.4) is 0 Å². The van der Waals surface area contributed by atoms with Crippen LogP contribution in [0.15, 0.2) is 6.33 Å². The van der Waals surface area contributed by atoms with Gasteiger partial charge in [-0.2, -0.15) is 0 Å². The Kier molecular flexibility index (Phi) is 5.51. The summed E-state index contributed by atoms with van der Waals surface area (Å²) in [6, 6.07) is 0. The van der Waals surface area contributed by atoms with Crippen molar-refractivity contribution in [3.05, 3.63) is 17.7 Å². The Hall–Kier alpha value is -1.93. The molecule has 0 saturated carbocycles. The van der Waals surface area contributed by atoms with Crippen molar-refractivity contribution < 1.29 is 19.4 Å². The molecule has 0 radical (unpaired) electrons. The summed E-state index contributed by atoms with van der Waals surface area (Å²) in [5, 5.41) is 9.11. The molecule has 1 unspecified atom stereocenters. The fourth-order valence-corrected chi connectivity index (χ4v) is 2.40. The number of aromatic carboxylic acids is 1. The zero-order valence-corrected chi connectivity index (χ0v) is 12.9. The number of carbonyl (C=O) groups excluding carboxylic acids is 1. The van der Waals surface area contributed by atoms with Gasteiger partial charge < -0.3 is 24.6 Å². The molecule has 1 amide bonds. The van der Waals surface area contributed by atoms with Gasteiger partial charge in [0.25, 0.3) is 5.91 Å². The molecule has 0 bridgehead atoms. The van der Waals surface area contributed by atoms with Gasteiger partial charge in [0.05, 0.1) is 12.4 Å². The van der Waals surface area contributed by atoms with Gasteiger partial charge in [-0.3, -0.25) is 4.79 Å². The zero-order valence-electron chi connectivity index (χ0n) is 12.9. The van der Waals surface area contributed by atoms with Crippen LogP contribution in [-0.2, 0) is 4.74 Å². The molecule has 0 aliphatic carbocycles. The van der Waals surface area contributed by atoms with Crippen LogP contribution in [0.5, 0.6) is 0 Å². The van der Waals surface area contributed by atoms with E-state index in [0.29, 0.717) is 26.2 Å². The highest BCUT2D eigenvalue weighted by molar-refractivity contribution is 6.02. The van der Waals surface area contributed by atoms with Crippen LogP contribution in [0.2, 0.25) is 0 Å². The van der Waals surface area contributed by atoms with E-state index in [0.717, 1.165) is 12.8 Å². The number of carboxylic acids is 1. The summed E-state index contributed by atoms with van der Waals surface area (Å²) in [5.41, 5.74) is -0.226. The number of likely N-dealkylation sites (N-methyl/N-ethyl adjacent to an activating group) is 1. The topological polar surface area (TPSA) is 98.8 Å². The number of carbonyl (C=O) groups is 2. The van der Waals surface area contributed by atoms with Crippen molar-refractivity contribution in [2.45, 2.75) is 18.9 Å². The lowest BCUT2D eigenvalue weighted by molar-refractivity contribution is 0.0502. The molecule has 1 aliphatic heterocycles. The van der Waals surface area contributed by atoms with Crippen LogP contribution in [0.25, 0.3) is 0 Å². The number of H-pyrrole nitrogens is 1. The molecule has 1 atom stereocenters. The molecule has 1 saturated heterocycles. The third kappa shape index (κ3) is 4.05. The van der Waals surface area contributed by atoms with Gasteiger partial charge in [0.15, 0.2) is 11.4 Å². The summed E-state index contributed by atoms with van der Waals surface area (Å²) in [6.07, 6.45) is 3.15. The van der Waals surface area contributed by atoms with Crippen molar-refractivity contribution >= 4 is 11.9 Å². The van der Waals surface area contributed by atoms with E-state index in [1.54, 1.807) is 4.90 Å². The molecule has 2 heterocycles. The SMILES string of the molecule is CN(C)CCN(CC1CCCO1)C(=O)c1nc[nH]c1C(=O)O. The van der Waals surface area contributed by atoms with Crippen LogP contribution in [0.4, 0.5) is 0 Å². The number of aromatic nitrogens is 2. The third-order valence-electron chi connectivity index (χ3n) is 3.61. The Morgan fingerprint density at radius 1 is 1.45 bits per heavy atom. The summed E-state index contributed by atoms with van der Waals surface area (Å²) >= 11 is 0. The average Bonchev–Trinajstić information content (AvgIpc) is 3.13. The van der Waals surface area contributed by atoms with E-state index in [-0.39, 0.29) is 23.4 Å². The molecule has 2 N–H and O–H groups in total. The number of amides is 1. The molecule has 1 aromatic rings. The number of rotatable bonds is 7. The summed E-state index contributed by atoms with van der Waals surface area (Å²) in [6.45, 7) is 2.35. The number of hydrogen-bond acceptors (Lipinski definition) is 5. The molecular formula is C14H22N4O4. The number of carboxylic acid groups (broad SMARTS) is 1. The van der Waals surface area contributed by atoms with Crippen molar-refractivity contribution in [3.8, 4) is 0 Å². The Bertz CT molecular complexity index is 523. The Morgan fingerprint density at radius 2 is 2.23 bits per heavy atom. The Morgan fingerprint density at radius 3 is 2.82 bits per heavy atom. The number of aromatic amines is 1. The van der Waals surface area contributed by atoms with Crippen molar-refractivity contribution in [1.82, 2.24) is 19.8 Å². The first-order valence-corrected chi connectivity index (χ1v) is 7.31. The van der Waals surface area contributed by atoms with Crippen molar-refractivity contribution in [2.75, 3.05) is 40.3 Å².